The molecule has 1 aliphatic rings. The third-order valence-corrected chi connectivity index (χ3v) is 2.14. The lowest BCUT2D eigenvalue weighted by Crippen LogP contribution is -2.26. The molecule has 2 rings (SSSR count). The highest BCUT2D eigenvalue weighted by atomic mass is 19.3. The molecule has 0 aromatic heterocycles. The summed E-state index contributed by atoms with van der Waals surface area (Å²) in [7, 11) is 0. The van der Waals surface area contributed by atoms with Crippen LogP contribution in [0.1, 0.15) is 5.56 Å². The van der Waals surface area contributed by atoms with E-state index >= 15 is 0 Å². The molecular formula is C11H6F2N2O3. The quantitative estimate of drug-likeness (QED) is 0.636. The van der Waals surface area contributed by atoms with Crippen LogP contribution in [0.15, 0.2) is 23.8 Å². The number of nitrogens with two attached hydrogens (primary N) is 1. The lowest BCUT2D eigenvalue weighted by molar-refractivity contribution is -0.286. The van der Waals surface area contributed by atoms with E-state index in [1.165, 1.54) is 18.2 Å². The number of fused-ring (bicyclic) bond motifs is 1. The van der Waals surface area contributed by atoms with E-state index in [0.29, 0.717) is 0 Å². The molecule has 1 aromatic carbocycles. The predicted molar refractivity (Wildman–Crippen MR) is 55.4 cm³/mol. The fraction of sp³-hybridized carbons (Fsp3) is 0.0909. The van der Waals surface area contributed by atoms with E-state index in [0.717, 1.165) is 6.08 Å². The van der Waals surface area contributed by atoms with Gasteiger partial charge in [-0.25, -0.2) is 0 Å². The molecule has 7 heteroatoms. The van der Waals surface area contributed by atoms with Gasteiger partial charge in [-0.15, -0.1) is 8.78 Å². The van der Waals surface area contributed by atoms with E-state index in [4.69, 9.17) is 11.0 Å². The molecule has 0 spiro atoms. The minimum atomic E-state index is -3.76. The molecule has 1 aliphatic heterocycles. The molecule has 0 fully saturated rings. The van der Waals surface area contributed by atoms with Crippen LogP contribution < -0.4 is 15.2 Å². The predicted octanol–water partition coefficient (Wildman–Crippen LogP) is 1.40. The number of amides is 1. The summed E-state index contributed by atoms with van der Waals surface area (Å²) in [6.45, 7) is 0. The minimum absolute atomic E-state index is 0.111. The molecule has 92 valence electrons. The van der Waals surface area contributed by atoms with Gasteiger partial charge < -0.3 is 15.2 Å². The van der Waals surface area contributed by atoms with Gasteiger partial charge in [0.25, 0.3) is 5.91 Å². The molecule has 1 heterocycles. The second kappa shape index (κ2) is 4.00. The largest absolute Gasteiger partial charge is 0.586 e. The van der Waals surface area contributed by atoms with Crippen LogP contribution in [-0.2, 0) is 4.79 Å². The van der Waals surface area contributed by atoms with Crippen molar-refractivity contribution in [1.29, 1.82) is 5.26 Å². The highest BCUT2D eigenvalue weighted by Gasteiger charge is 2.44. The van der Waals surface area contributed by atoms with Crippen LogP contribution in [0, 0.1) is 11.3 Å². The van der Waals surface area contributed by atoms with E-state index in [2.05, 4.69) is 9.47 Å². The van der Waals surface area contributed by atoms with Crippen molar-refractivity contribution >= 4 is 12.0 Å². The van der Waals surface area contributed by atoms with E-state index < -0.39 is 12.2 Å². The summed E-state index contributed by atoms with van der Waals surface area (Å²) >= 11 is 0. The Morgan fingerprint density at radius 3 is 2.78 bits per heavy atom. The molecule has 0 radical (unpaired) electrons. The number of hydrogen-bond acceptors (Lipinski definition) is 4. The van der Waals surface area contributed by atoms with Crippen molar-refractivity contribution in [1.82, 2.24) is 0 Å². The molecule has 0 saturated heterocycles. The van der Waals surface area contributed by atoms with Crippen molar-refractivity contribution in [2.24, 2.45) is 5.73 Å². The zero-order valence-corrected chi connectivity index (χ0v) is 8.81. The van der Waals surface area contributed by atoms with Crippen LogP contribution in [0.3, 0.4) is 0 Å². The van der Waals surface area contributed by atoms with Gasteiger partial charge in [0.05, 0.1) is 0 Å². The lowest BCUT2D eigenvalue weighted by Gasteiger charge is -2.05. The minimum Gasteiger partial charge on any atom is -0.395 e. The van der Waals surface area contributed by atoms with Gasteiger partial charge >= 0.3 is 6.29 Å². The van der Waals surface area contributed by atoms with Crippen LogP contribution in [-0.4, -0.2) is 12.2 Å². The van der Waals surface area contributed by atoms with Crippen LogP contribution in [0.2, 0.25) is 0 Å². The first-order valence-electron chi connectivity index (χ1n) is 4.73. The molecule has 0 bridgehead atoms. The highest BCUT2D eigenvalue weighted by Crippen LogP contribution is 2.43. The van der Waals surface area contributed by atoms with Gasteiger partial charge in [0.15, 0.2) is 11.5 Å². The summed E-state index contributed by atoms with van der Waals surface area (Å²) in [6.07, 6.45) is -2.70. The van der Waals surface area contributed by atoms with E-state index in [1.807, 2.05) is 0 Å². The number of para-hydroxylation sites is 1. The van der Waals surface area contributed by atoms with E-state index in [1.54, 1.807) is 6.07 Å². The second-order valence-electron chi connectivity index (χ2n) is 3.38. The molecular weight excluding hydrogens is 246 g/mol. The summed E-state index contributed by atoms with van der Waals surface area (Å²) in [5.74, 6) is -1.37. The number of rotatable bonds is 2. The summed E-state index contributed by atoms with van der Waals surface area (Å²) in [4.78, 5) is 10.9. The maximum atomic E-state index is 12.9. The Bertz CT molecular complexity index is 590. The number of carbonyl (C=O) groups is 1. The molecule has 1 aromatic rings. The SMILES string of the molecule is N#CC(=Cc1cccc2c1OC(F)(F)O2)C(N)=O. The first kappa shape index (κ1) is 11.9. The van der Waals surface area contributed by atoms with Crippen LogP contribution in [0.25, 0.3) is 6.08 Å². The monoisotopic (exact) mass is 252 g/mol. The number of nitriles is 1. The first-order valence-corrected chi connectivity index (χ1v) is 4.73. The zero-order valence-electron chi connectivity index (χ0n) is 8.81. The van der Waals surface area contributed by atoms with Gasteiger partial charge in [-0.3, -0.25) is 4.79 Å². The number of ether oxygens (including phenoxy) is 2. The summed E-state index contributed by atoms with van der Waals surface area (Å²) < 4.78 is 34.3. The number of nitrogens with zero attached hydrogens (tertiary/aromatic N) is 1. The van der Waals surface area contributed by atoms with Crippen LogP contribution >= 0.6 is 0 Å². The molecule has 1 amide bonds. The summed E-state index contributed by atoms with van der Waals surface area (Å²) in [5.41, 5.74) is 4.68. The Balaban J connectivity index is 2.48. The number of benzene rings is 1. The van der Waals surface area contributed by atoms with E-state index in [9.17, 15) is 13.6 Å². The number of halogens is 2. The number of hydrogen-bond donors (Lipinski definition) is 1. The number of primary amides is 1. The molecule has 5 nitrogen and oxygen atoms in total. The van der Waals surface area contributed by atoms with Crippen molar-refractivity contribution in [2.45, 2.75) is 6.29 Å². The van der Waals surface area contributed by atoms with Crippen molar-refractivity contribution in [3.8, 4) is 17.6 Å². The molecule has 0 atom stereocenters. The van der Waals surface area contributed by atoms with Gasteiger partial charge in [0, 0.05) is 5.56 Å². The zero-order chi connectivity index (χ0) is 13.3. The topological polar surface area (TPSA) is 85.3 Å². The Morgan fingerprint density at radius 1 is 1.44 bits per heavy atom. The van der Waals surface area contributed by atoms with Gasteiger partial charge in [-0.1, -0.05) is 12.1 Å². The van der Waals surface area contributed by atoms with Crippen LogP contribution in [0.5, 0.6) is 11.5 Å². The molecule has 18 heavy (non-hydrogen) atoms. The van der Waals surface area contributed by atoms with E-state index in [-0.39, 0.29) is 22.6 Å². The fourth-order valence-corrected chi connectivity index (χ4v) is 1.42. The maximum absolute atomic E-state index is 12.9. The lowest BCUT2D eigenvalue weighted by atomic mass is 10.1. The van der Waals surface area contributed by atoms with Gasteiger partial charge in [-0.2, -0.15) is 5.26 Å². The highest BCUT2D eigenvalue weighted by molar-refractivity contribution is 6.01. The third kappa shape index (κ3) is 2.08. The van der Waals surface area contributed by atoms with Gasteiger partial charge in [0.2, 0.25) is 0 Å². The average molecular weight is 252 g/mol. The molecule has 0 aliphatic carbocycles. The fourth-order valence-electron chi connectivity index (χ4n) is 1.42. The number of alkyl halides is 2. The normalized spacial score (nSPS) is 16.2. The smallest absolute Gasteiger partial charge is 0.395 e. The Morgan fingerprint density at radius 2 is 2.17 bits per heavy atom. The van der Waals surface area contributed by atoms with Crippen LogP contribution in [0.4, 0.5) is 8.78 Å². The molecule has 0 saturated carbocycles. The average Bonchev–Trinajstić information content (AvgIpc) is 2.60. The van der Waals surface area contributed by atoms with Crippen molar-refractivity contribution in [2.75, 3.05) is 0 Å². The van der Waals surface area contributed by atoms with Crippen molar-refractivity contribution in [3.05, 3.63) is 29.3 Å². The molecule has 2 N–H and O–H groups in total. The second-order valence-corrected chi connectivity index (χ2v) is 3.38. The third-order valence-electron chi connectivity index (χ3n) is 2.14. The summed E-state index contributed by atoms with van der Waals surface area (Å²) in [6, 6.07) is 5.66. The van der Waals surface area contributed by atoms with Crippen molar-refractivity contribution < 1.29 is 23.0 Å². The Kier molecular flexibility index (Phi) is 2.63. The Labute approximate surface area is 100 Å². The summed E-state index contributed by atoms with van der Waals surface area (Å²) in [5, 5.41) is 8.67. The number of carbonyl (C=O) groups excluding carboxylic acids is 1. The van der Waals surface area contributed by atoms with Gasteiger partial charge in [-0.05, 0) is 12.1 Å². The first-order chi connectivity index (χ1) is 8.43. The van der Waals surface area contributed by atoms with Crippen molar-refractivity contribution in [3.63, 3.8) is 0 Å². The molecule has 0 unspecified atom stereocenters. The maximum Gasteiger partial charge on any atom is 0.586 e. The standard InChI is InChI=1S/C11H6F2N2O3/c12-11(13)17-8-3-1-2-6(9(8)18-11)4-7(5-14)10(15)16/h1-4H,(H2,15,16). The Hall–Kier alpha value is -2.62. The van der Waals surface area contributed by atoms with Gasteiger partial charge in [0.1, 0.15) is 11.6 Å².